The van der Waals surface area contributed by atoms with Crippen LogP contribution >= 0.6 is 0 Å². The van der Waals surface area contributed by atoms with Crippen molar-refractivity contribution in [3.8, 4) is 0 Å². The van der Waals surface area contributed by atoms with E-state index in [4.69, 9.17) is 9.47 Å². The van der Waals surface area contributed by atoms with E-state index in [1.54, 1.807) is 0 Å². The van der Waals surface area contributed by atoms with Gasteiger partial charge in [-0.3, -0.25) is 0 Å². The predicted molar refractivity (Wildman–Crippen MR) is 58.8 cm³/mol. The Labute approximate surface area is 93.9 Å². The average Bonchev–Trinajstić information content (AvgIpc) is 2.74. The van der Waals surface area contributed by atoms with E-state index in [1.165, 1.54) is 0 Å². The summed E-state index contributed by atoms with van der Waals surface area (Å²) in [6, 6.07) is 8.94. The van der Waals surface area contributed by atoms with Crippen LogP contribution in [0.25, 0.3) is 0 Å². The molecule has 0 saturated carbocycles. The Morgan fingerprint density at radius 2 is 2.25 bits per heavy atom. The summed E-state index contributed by atoms with van der Waals surface area (Å²) in [5, 5.41) is 0. The van der Waals surface area contributed by atoms with Crippen LogP contribution in [0.1, 0.15) is 5.56 Å². The Kier molecular flexibility index (Phi) is 3.19. The molecule has 4 nitrogen and oxygen atoms in total. The molecule has 2 rings (SSSR count). The summed E-state index contributed by atoms with van der Waals surface area (Å²) < 4.78 is 10.1. The number of esters is 1. The van der Waals surface area contributed by atoms with Gasteiger partial charge < -0.3 is 9.47 Å². The van der Waals surface area contributed by atoms with Crippen molar-refractivity contribution >= 4 is 11.9 Å². The molecule has 0 bridgehead atoms. The molecule has 83 valence electrons. The number of benzene rings is 1. The van der Waals surface area contributed by atoms with Gasteiger partial charge in [0.15, 0.2) is 11.9 Å². The van der Waals surface area contributed by atoms with Crippen LogP contribution in [0, 0.1) is 6.92 Å². The second kappa shape index (κ2) is 4.79. The molecule has 1 unspecified atom stereocenters. The first-order valence-corrected chi connectivity index (χ1v) is 4.99. The van der Waals surface area contributed by atoms with Gasteiger partial charge in [0.05, 0.1) is 0 Å². The van der Waals surface area contributed by atoms with Gasteiger partial charge in [-0.25, -0.2) is 9.79 Å². The number of rotatable bonds is 3. The van der Waals surface area contributed by atoms with Crippen molar-refractivity contribution in [1.82, 2.24) is 0 Å². The SMILES string of the molecule is [CH2]C1=NC(C(=O)OCc2ccccc2)CO1. The largest absolute Gasteiger partial charge is 0.478 e. The first kappa shape index (κ1) is 10.7. The lowest BCUT2D eigenvalue weighted by Crippen LogP contribution is -2.22. The molecular weight excluding hydrogens is 206 g/mol. The number of ether oxygens (including phenoxy) is 2. The Bertz CT molecular complexity index is 400. The molecule has 0 saturated heterocycles. The molecule has 1 aromatic rings. The lowest BCUT2D eigenvalue weighted by molar-refractivity contribution is -0.146. The van der Waals surface area contributed by atoms with Crippen LogP contribution in [0.2, 0.25) is 0 Å². The van der Waals surface area contributed by atoms with Gasteiger partial charge in [-0.2, -0.15) is 0 Å². The fourth-order valence-corrected chi connectivity index (χ4v) is 1.37. The lowest BCUT2D eigenvalue weighted by Gasteiger charge is -2.06. The van der Waals surface area contributed by atoms with Crippen molar-refractivity contribution < 1.29 is 14.3 Å². The maximum atomic E-state index is 11.5. The van der Waals surface area contributed by atoms with E-state index in [9.17, 15) is 4.79 Å². The molecule has 0 N–H and O–H groups in total. The van der Waals surface area contributed by atoms with Gasteiger partial charge in [0.1, 0.15) is 13.2 Å². The summed E-state index contributed by atoms with van der Waals surface area (Å²) in [6.45, 7) is 4.00. The molecule has 0 fully saturated rings. The van der Waals surface area contributed by atoms with E-state index in [2.05, 4.69) is 11.9 Å². The van der Waals surface area contributed by atoms with Gasteiger partial charge in [-0.15, -0.1) is 0 Å². The van der Waals surface area contributed by atoms with Crippen molar-refractivity contribution in [2.24, 2.45) is 4.99 Å². The van der Waals surface area contributed by atoms with Gasteiger partial charge in [0.25, 0.3) is 0 Å². The number of carbonyl (C=O) groups is 1. The van der Waals surface area contributed by atoms with Gasteiger partial charge in [-0.1, -0.05) is 30.3 Å². The molecular formula is C12H12NO3. The normalized spacial score (nSPS) is 18.8. The molecule has 16 heavy (non-hydrogen) atoms. The highest BCUT2D eigenvalue weighted by molar-refractivity contribution is 5.87. The molecule has 1 heterocycles. The van der Waals surface area contributed by atoms with E-state index < -0.39 is 6.04 Å². The van der Waals surface area contributed by atoms with Crippen LogP contribution in [0.5, 0.6) is 0 Å². The lowest BCUT2D eigenvalue weighted by atomic mass is 10.2. The zero-order chi connectivity index (χ0) is 11.4. The van der Waals surface area contributed by atoms with Crippen LogP contribution in [-0.2, 0) is 20.9 Å². The Morgan fingerprint density at radius 3 is 2.88 bits per heavy atom. The molecule has 0 aliphatic carbocycles. The second-order valence-corrected chi connectivity index (χ2v) is 3.44. The summed E-state index contributed by atoms with van der Waals surface area (Å²) in [4.78, 5) is 15.4. The number of hydrogen-bond donors (Lipinski definition) is 0. The standard InChI is InChI=1S/C12H12NO3/c1-9-13-11(8-15-9)12(14)16-7-10-5-3-2-4-6-10/h2-6,11H,1,7-8H2. The highest BCUT2D eigenvalue weighted by Gasteiger charge is 2.25. The number of aliphatic imine (C=N–C) groups is 1. The maximum absolute atomic E-state index is 11.5. The third kappa shape index (κ3) is 2.59. The van der Waals surface area contributed by atoms with Gasteiger partial charge in [0, 0.05) is 6.92 Å². The number of carbonyl (C=O) groups excluding carboxylic acids is 1. The smallest absolute Gasteiger partial charge is 0.334 e. The van der Waals surface area contributed by atoms with E-state index in [0.29, 0.717) is 5.90 Å². The highest BCUT2D eigenvalue weighted by Crippen LogP contribution is 2.08. The molecule has 1 aliphatic heterocycles. The van der Waals surface area contributed by atoms with Crippen molar-refractivity contribution in [2.45, 2.75) is 12.6 Å². The summed E-state index contributed by atoms with van der Waals surface area (Å²) in [6.07, 6.45) is 0. The van der Waals surface area contributed by atoms with Gasteiger partial charge >= 0.3 is 5.97 Å². The van der Waals surface area contributed by atoms with Crippen LogP contribution in [0.4, 0.5) is 0 Å². The fraction of sp³-hybridized carbons (Fsp3) is 0.250. The van der Waals surface area contributed by atoms with Crippen molar-refractivity contribution in [2.75, 3.05) is 6.61 Å². The molecule has 4 heteroatoms. The zero-order valence-electron chi connectivity index (χ0n) is 8.76. The first-order valence-electron chi connectivity index (χ1n) is 4.99. The van der Waals surface area contributed by atoms with E-state index in [0.717, 1.165) is 5.56 Å². The Morgan fingerprint density at radius 1 is 1.50 bits per heavy atom. The molecule has 0 aromatic heterocycles. The monoisotopic (exact) mass is 218 g/mol. The molecule has 0 amide bonds. The maximum Gasteiger partial charge on any atom is 0.334 e. The number of hydrogen-bond acceptors (Lipinski definition) is 4. The van der Waals surface area contributed by atoms with Crippen molar-refractivity contribution in [1.29, 1.82) is 0 Å². The van der Waals surface area contributed by atoms with Crippen LogP contribution in [0.15, 0.2) is 35.3 Å². The third-order valence-corrected chi connectivity index (χ3v) is 2.20. The molecule has 1 aliphatic rings. The van der Waals surface area contributed by atoms with Gasteiger partial charge in [0.2, 0.25) is 0 Å². The highest BCUT2D eigenvalue weighted by atomic mass is 16.5. The second-order valence-electron chi connectivity index (χ2n) is 3.44. The molecule has 0 spiro atoms. The minimum Gasteiger partial charge on any atom is -0.478 e. The Balaban J connectivity index is 1.85. The van der Waals surface area contributed by atoms with Gasteiger partial charge in [-0.05, 0) is 5.56 Å². The summed E-state index contributed by atoms with van der Waals surface area (Å²) >= 11 is 0. The number of nitrogens with zero attached hydrogens (tertiary/aromatic N) is 1. The van der Waals surface area contributed by atoms with Crippen molar-refractivity contribution in [3.05, 3.63) is 42.8 Å². The van der Waals surface area contributed by atoms with Crippen LogP contribution in [0.3, 0.4) is 0 Å². The molecule has 1 atom stereocenters. The van der Waals surface area contributed by atoms with E-state index >= 15 is 0 Å². The van der Waals surface area contributed by atoms with Crippen LogP contribution in [-0.4, -0.2) is 24.5 Å². The summed E-state index contributed by atoms with van der Waals surface area (Å²) in [7, 11) is 0. The molecule has 1 aromatic carbocycles. The van der Waals surface area contributed by atoms with Crippen molar-refractivity contribution in [3.63, 3.8) is 0 Å². The predicted octanol–water partition coefficient (Wildman–Crippen LogP) is 1.36. The fourth-order valence-electron chi connectivity index (χ4n) is 1.37. The topological polar surface area (TPSA) is 47.9 Å². The summed E-state index contributed by atoms with van der Waals surface area (Å²) in [5.74, 6) is -0.0795. The summed E-state index contributed by atoms with van der Waals surface area (Å²) in [5.41, 5.74) is 0.952. The quantitative estimate of drug-likeness (QED) is 0.720. The minimum atomic E-state index is -0.559. The molecule has 1 radical (unpaired) electrons. The average molecular weight is 218 g/mol. The van der Waals surface area contributed by atoms with Crippen LogP contribution < -0.4 is 0 Å². The first-order chi connectivity index (χ1) is 7.75. The zero-order valence-corrected chi connectivity index (χ0v) is 8.76. The van der Waals surface area contributed by atoms with E-state index in [-0.39, 0.29) is 19.2 Å². The van der Waals surface area contributed by atoms with E-state index in [1.807, 2.05) is 30.3 Å². The Hall–Kier alpha value is -1.84. The minimum absolute atomic E-state index is 0.229. The third-order valence-electron chi connectivity index (χ3n) is 2.20.